The summed E-state index contributed by atoms with van der Waals surface area (Å²) >= 11 is 0. The van der Waals surface area contributed by atoms with Gasteiger partial charge in [0.25, 0.3) is 0 Å². The van der Waals surface area contributed by atoms with Crippen molar-refractivity contribution in [2.45, 2.75) is 6.42 Å². The fourth-order valence-electron chi connectivity index (χ4n) is 3.93. The molecule has 0 spiro atoms. The summed E-state index contributed by atoms with van der Waals surface area (Å²) in [4.78, 5) is 27.6. The van der Waals surface area contributed by atoms with Crippen molar-refractivity contribution in [2.24, 2.45) is 0 Å². The molecule has 2 heterocycles. The molecule has 160 valence electrons. The predicted molar refractivity (Wildman–Crippen MR) is 125 cm³/mol. The molecule has 0 aliphatic rings. The number of nitrogens with two attached hydrogens (primary N) is 1. The Morgan fingerprint density at radius 3 is 2.38 bits per heavy atom. The van der Waals surface area contributed by atoms with Gasteiger partial charge in [0, 0.05) is 17.5 Å². The van der Waals surface area contributed by atoms with Crippen molar-refractivity contribution in [3.8, 4) is 22.5 Å². The van der Waals surface area contributed by atoms with Crippen LogP contribution in [-0.4, -0.2) is 19.8 Å². The number of furan rings is 1. The van der Waals surface area contributed by atoms with E-state index in [1.807, 2.05) is 60.7 Å². The molecule has 5 aromatic rings. The molecule has 7 nitrogen and oxygen atoms in total. The molecule has 0 aliphatic carbocycles. The average Bonchev–Trinajstić information content (AvgIpc) is 3.39. The summed E-state index contributed by atoms with van der Waals surface area (Å²) in [6, 6.07) is 23.1. The zero-order valence-electron chi connectivity index (χ0n) is 16.9. The van der Waals surface area contributed by atoms with Crippen molar-refractivity contribution in [2.75, 3.05) is 5.73 Å². The minimum absolute atomic E-state index is 0.0157. The minimum Gasteiger partial charge on any atom is -0.440 e. The van der Waals surface area contributed by atoms with Crippen molar-refractivity contribution < 1.29 is 18.8 Å². The molecule has 5 N–H and O–H groups in total. The lowest BCUT2D eigenvalue weighted by Gasteiger charge is -2.09. The van der Waals surface area contributed by atoms with E-state index in [2.05, 4.69) is 9.97 Å². The number of rotatable bonds is 5. The summed E-state index contributed by atoms with van der Waals surface area (Å²) < 4.78 is 18.2. The Labute approximate surface area is 183 Å². The maximum Gasteiger partial charge on any atom is 0.360 e. The Morgan fingerprint density at radius 2 is 1.66 bits per heavy atom. The molecule has 2 aromatic heterocycles. The molecule has 0 unspecified atom stereocenters. The molecule has 0 radical (unpaired) electrons. The number of hydrogen-bond acceptors (Lipinski definition) is 4. The number of nitrogen functional groups attached to an aromatic ring is 1. The third-order valence-corrected chi connectivity index (χ3v) is 6.49. The van der Waals surface area contributed by atoms with Crippen molar-refractivity contribution >= 4 is 29.8 Å². The number of nitrogens with zero attached hydrogens (tertiary/aromatic N) is 1. The van der Waals surface area contributed by atoms with Crippen LogP contribution in [0, 0.1) is 0 Å². The fraction of sp³-hybridized carbons (Fsp3) is 0.0417. The lowest BCUT2D eigenvalue weighted by atomic mass is 10.0. The topological polar surface area (TPSA) is 125 Å². The van der Waals surface area contributed by atoms with Gasteiger partial charge < -0.3 is 24.9 Å². The second-order valence-electron chi connectivity index (χ2n) is 7.51. The smallest absolute Gasteiger partial charge is 0.360 e. The van der Waals surface area contributed by atoms with Gasteiger partial charge in [-0.2, -0.15) is 0 Å². The molecule has 0 saturated heterocycles. The van der Waals surface area contributed by atoms with E-state index in [1.54, 1.807) is 12.1 Å². The van der Waals surface area contributed by atoms with Crippen molar-refractivity contribution in [1.82, 2.24) is 9.97 Å². The molecule has 0 saturated carbocycles. The number of H-pyrrole nitrogens is 1. The highest BCUT2D eigenvalue weighted by Crippen LogP contribution is 2.44. The van der Waals surface area contributed by atoms with Gasteiger partial charge in [0.2, 0.25) is 0 Å². The van der Waals surface area contributed by atoms with Gasteiger partial charge >= 0.3 is 7.60 Å². The molecular weight excluding hydrogens is 425 g/mol. The van der Waals surface area contributed by atoms with E-state index >= 15 is 0 Å². The van der Waals surface area contributed by atoms with Crippen LogP contribution in [0.15, 0.2) is 83.5 Å². The Balaban J connectivity index is 1.58. The number of benzene rings is 3. The molecule has 0 bridgehead atoms. The first-order chi connectivity index (χ1) is 15.4. The Morgan fingerprint density at radius 1 is 0.938 bits per heavy atom. The fourth-order valence-corrected chi connectivity index (χ4v) is 4.91. The van der Waals surface area contributed by atoms with Gasteiger partial charge in [0.1, 0.15) is 5.30 Å². The monoisotopic (exact) mass is 445 g/mol. The van der Waals surface area contributed by atoms with Crippen LogP contribution in [-0.2, 0) is 11.0 Å². The Hall–Kier alpha value is -3.64. The third-order valence-electron chi connectivity index (χ3n) is 5.44. The van der Waals surface area contributed by atoms with Gasteiger partial charge in [-0.1, -0.05) is 60.7 Å². The van der Waals surface area contributed by atoms with E-state index in [4.69, 9.17) is 10.2 Å². The number of hydrogen-bond donors (Lipinski definition) is 4. The van der Waals surface area contributed by atoms with Crippen molar-refractivity contribution in [1.29, 1.82) is 0 Å². The van der Waals surface area contributed by atoms with Gasteiger partial charge in [0.15, 0.2) is 11.6 Å². The van der Waals surface area contributed by atoms with Gasteiger partial charge in [-0.25, -0.2) is 4.98 Å². The van der Waals surface area contributed by atoms with Crippen molar-refractivity contribution in [3.05, 3.63) is 90.3 Å². The molecule has 0 aliphatic heterocycles. The first-order valence-electron chi connectivity index (χ1n) is 9.96. The number of imidazole rings is 1. The van der Waals surface area contributed by atoms with Crippen LogP contribution in [0.2, 0.25) is 0 Å². The number of fused-ring (bicyclic) bond motifs is 1. The number of aromatic nitrogens is 2. The molecule has 3 aromatic carbocycles. The van der Waals surface area contributed by atoms with Crippen LogP contribution >= 0.6 is 7.60 Å². The molecular formula is C24H20N3O4P. The standard InChI is InChI=1S/C24H20N3O4P/c25-24-19(13-15-9-11-17(12-10-15)16-5-2-1-3-6-16)23(32(28,29)30)22(31-24)18-7-4-8-20-21(18)27-14-26-20/h1-12,14H,13,25H2,(H,26,27)(H2,28,29,30). The molecule has 0 fully saturated rings. The zero-order valence-corrected chi connectivity index (χ0v) is 17.8. The highest BCUT2D eigenvalue weighted by atomic mass is 31.2. The van der Waals surface area contributed by atoms with Gasteiger partial charge in [0.05, 0.1) is 17.4 Å². The summed E-state index contributed by atoms with van der Waals surface area (Å²) in [5.74, 6) is 0.0300. The molecule has 5 rings (SSSR count). The maximum absolute atomic E-state index is 12.5. The quantitative estimate of drug-likeness (QED) is 0.296. The van der Waals surface area contributed by atoms with Gasteiger partial charge in [-0.3, -0.25) is 4.57 Å². The highest BCUT2D eigenvalue weighted by Gasteiger charge is 2.33. The van der Waals surface area contributed by atoms with Crippen molar-refractivity contribution in [3.63, 3.8) is 0 Å². The number of nitrogens with one attached hydrogen (secondary N) is 1. The summed E-state index contributed by atoms with van der Waals surface area (Å²) in [5, 5.41) is -0.197. The third kappa shape index (κ3) is 3.63. The molecule has 0 atom stereocenters. The van der Waals surface area contributed by atoms with Gasteiger partial charge in [-0.05, 0) is 28.8 Å². The normalized spacial score (nSPS) is 11.8. The van der Waals surface area contributed by atoms with E-state index in [-0.39, 0.29) is 28.9 Å². The average molecular weight is 445 g/mol. The van der Waals surface area contributed by atoms with Crippen LogP contribution in [0.4, 0.5) is 5.88 Å². The molecule has 0 amide bonds. The largest absolute Gasteiger partial charge is 0.440 e. The van der Waals surface area contributed by atoms with Gasteiger partial charge in [-0.15, -0.1) is 0 Å². The van der Waals surface area contributed by atoms with Crippen LogP contribution in [0.25, 0.3) is 33.5 Å². The predicted octanol–water partition coefficient (Wildman–Crippen LogP) is 4.47. The summed E-state index contributed by atoms with van der Waals surface area (Å²) in [5.41, 5.74) is 11.2. The van der Waals surface area contributed by atoms with Crippen LogP contribution in [0.5, 0.6) is 0 Å². The lowest BCUT2D eigenvalue weighted by Crippen LogP contribution is -2.12. The SMILES string of the molecule is Nc1oc(-c2cccc3[nH]cnc23)c(P(=O)(O)O)c1Cc1ccc(-c2ccccc2)cc1. The van der Waals surface area contributed by atoms with E-state index in [9.17, 15) is 14.4 Å². The van der Waals surface area contributed by atoms with E-state index < -0.39 is 7.60 Å². The number of para-hydroxylation sites is 1. The van der Waals surface area contributed by atoms with E-state index in [0.29, 0.717) is 11.1 Å². The first kappa shape index (κ1) is 20.3. The molecule has 8 heteroatoms. The second kappa shape index (κ2) is 7.80. The molecule has 32 heavy (non-hydrogen) atoms. The Bertz CT molecular complexity index is 1450. The lowest BCUT2D eigenvalue weighted by molar-refractivity contribution is 0.387. The minimum atomic E-state index is -4.70. The summed E-state index contributed by atoms with van der Waals surface area (Å²) in [7, 11) is -4.70. The first-order valence-corrected chi connectivity index (χ1v) is 11.6. The second-order valence-corrected chi connectivity index (χ2v) is 9.05. The highest BCUT2D eigenvalue weighted by molar-refractivity contribution is 7.60. The number of anilines is 1. The Kier molecular flexibility index (Phi) is 4.94. The van der Waals surface area contributed by atoms with Crippen LogP contribution < -0.4 is 11.0 Å². The maximum atomic E-state index is 12.5. The summed E-state index contributed by atoms with van der Waals surface area (Å²) in [6.45, 7) is 0. The zero-order chi connectivity index (χ0) is 22.3. The van der Waals surface area contributed by atoms with E-state index in [1.165, 1.54) is 6.33 Å². The number of aromatic amines is 1. The summed E-state index contributed by atoms with van der Waals surface area (Å²) in [6.07, 6.45) is 1.74. The van der Waals surface area contributed by atoms with E-state index in [0.717, 1.165) is 22.2 Å². The van der Waals surface area contributed by atoms with Crippen LogP contribution in [0.1, 0.15) is 11.1 Å². The van der Waals surface area contributed by atoms with Crippen LogP contribution in [0.3, 0.4) is 0 Å².